The first-order valence-corrected chi connectivity index (χ1v) is 6.99. The summed E-state index contributed by atoms with van der Waals surface area (Å²) in [6, 6.07) is 6.65. The van der Waals surface area contributed by atoms with E-state index in [0.717, 1.165) is 11.3 Å². The van der Waals surface area contributed by atoms with Gasteiger partial charge in [0.2, 0.25) is 5.91 Å². The van der Waals surface area contributed by atoms with Crippen LogP contribution in [0.2, 0.25) is 0 Å². The molecule has 0 unspecified atom stereocenters. The molecule has 2 atom stereocenters. The summed E-state index contributed by atoms with van der Waals surface area (Å²) in [7, 11) is 1.46. The Bertz CT molecular complexity index is 491. The summed E-state index contributed by atoms with van der Waals surface area (Å²) in [6.45, 7) is 6.20. The molecule has 0 aliphatic carbocycles. The molecule has 0 bridgehead atoms. The van der Waals surface area contributed by atoms with Crippen LogP contribution in [0.1, 0.15) is 32.4 Å². The van der Waals surface area contributed by atoms with Crippen LogP contribution >= 0.6 is 0 Å². The number of hydrogen-bond donors (Lipinski definition) is 3. The maximum atomic E-state index is 11.8. The molecule has 0 saturated carbocycles. The Labute approximate surface area is 125 Å². The van der Waals surface area contributed by atoms with E-state index in [1.165, 1.54) is 7.05 Å². The summed E-state index contributed by atoms with van der Waals surface area (Å²) in [6.07, 6.45) is 0. The number of benzene rings is 1. The van der Waals surface area contributed by atoms with Gasteiger partial charge < -0.3 is 10.1 Å². The molecule has 0 fully saturated rings. The second-order valence-corrected chi connectivity index (χ2v) is 4.68. The van der Waals surface area contributed by atoms with Crippen molar-refractivity contribution < 1.29 is 14.3 Å². The van der Waals surface area contributed by atoms with Gasteiger partial charge in [0.1, 0.15) is 5.75 Å². The molecule has 3 amide bonds. The van der Waals surface area contributed by atoms with Gasteiger partial charge >= 0.3 is 6.03 Å². The fourth-order valence-electron chi connectivity index (χ4n) is 1.87. The van der Waals surface area contributed by atoms with Crippen LogP contribution in [0.15, 0.2) is 24.3 Å². The van der Waals surface area contributed by atoms with Crippen molar-refractivity contribution in [3.8, 4) is 5.75 Å². The predicted octanol–water partition coefficient (Wildman–Crippen LogP) is 1.58. The first kappa shape index (κ1) is 17.0. The van der Waals surface area contributed by atoms with E-state index in [2.05, 4.69) is 16.0 Å². The van der Waals surface area contributed by atoms with Crippen molar-refractivity contribution in [3.63, 3.8) is 0 Å². The number of carbonyl (C=O) groups is 2. The van der Waals surface area contributed by atoms with Gasteiger partial charge in [-0.2, -0.15) is 0 Å². The molecule has 21 heavy (non-hydrogen) atoms. The number of imide groups is 1. The lowest BCUT2D eigenvalue weighted by Crippen LogP contribution is -2.47. The minimum atomic E-state index is -0.514. The van der Waals surface area contributed by atoms with Gasteiger partial charge in [0, 0.05) is 13.1 Å². The molecule has 1 rings (SSSR count). The van der Waals surface area contributed by atoms with Crippen LogP contribution in [0.5, 0.6) is 5.75 Å². The van der Waals surface area contributed by atoms with Gasteiger partial charge in [-0.3, -0.25) is 15.4 Å². The van der Waals surface area contributed by atoms with E-state index in [1.807, 2.05) is 38.1 Å². The fraction of sp³-hybridized carbons (Fsp3) is 0.467. The van der Waals surface area contributed by atoms with Crippen molar-refractivity contribution >= 4 is 11.9 Å². The van der Waals surface area contributed by atoms with Crippen molar-refractivity contribution in [1.29, 1.82) is 0 Å². The highest BCUT2D eigenvalue weighted by Gasteiger charge is 2.18. The minimum Gasteiger partial charge on any atom is -0.494 e. The lowest BCUT2D eigenvalue weighted by atomic mass is 10.1. The summed E-state index contributed by atoms with van der Waals surface area (Å²) in [4.78, 5) is 22.9. The zero-order valence-electron chi connectivity index (χ0n) is 12.9. The molecule has 1 aromatic carbocycles. The van der Waals surface area contributed by atoms with E-state index < -0.39 is 12.1 Å². The largest absolute Gasteiger partial charge is 0.494 e. The molecule has 6 nitrogen and oxygen atoms in total. The number of carbonyl (C=O) groups excluding carboxylic acids is 2. The smallest absolute Gasteiger partial charge is 0.321 e. The molecular formula is C15H23N3O3. The topological polar surface area (TPSA) is 79.5 Å². The standard InChI is InChI=1S/C15H23N3O3/c1-5-21-13-8-6-7-12(9-13)10(2)17-11(3)14(19)18-15(20)16-4/h6-11,17H,5H2,1-4H3,(H2,16,18,19,20)/t10-,11+/m0/s1. The molecule has 3 N–H and O–H groups in total. The van der Waals surface area contributed by atoms with E-state index in [9.17, 15) is 9.59 Å². The van der Waals surface area contributed by atoms with Gasteiger partial charge in [-0.25, -0.2) is 4.79 Å². The van der Waals surface area contributed by atoms with Crippen LogP contribution in [0.3, 0.4) is 0 Å². The number of rotatable bonds is 6. The Morgan fingerprint density at radius 2 is 2.00 bits per heavy atom. The van der Waals surface area contributed by atoms with Crippen molar-refractivity contribution in [2.45, 2.75) is 32.9 Å². The highest BCUT2D eigenvalue weighted by Crippen LogP contribution is 2.19. The van der Waals surface area contributed by atoms with E-state index in [-0.39, 0.29) is 11.9 Å². The maximum absolute atomic E-state index is 11.8. The summed E-state index contributed by atoms with van der Waals surface area (Å²) in [5.74, 6) is 0.424. The lowest BCUT2D eigenvalue weighted by molar-refractivity contribution is -0.121. The maximum Gasteiger partial charge on any atom is 0.321 e. The average Bonchev–Trinajstić information content (AvgIpc) is 2.47. The van der Waals surface area contributed by atoms with E-state index in [1.54, 1.807) is 6.92 Å². The summed E-state index contributed by atoms with van der Waals surface area (Å²) >= 11 is 0. The highest BCUT2D eigenvalue weighted by molar-refractivity contribution is 5.96. The lowest BCUT2D eigenvalue weighted by Gasteiger charge is -2.20. The molecule has 0 spiro atoms. The Balaban J connectivity index is 2.63. The first-order chi connectivity index (χ1) is 9.97. The molecule has 6 heteroatoms. The molecule has 0 radical (unpaired) electrons. The van der Waals surface area contributed by atoms with E-state index in [0.29, 0.717) is 6.61 Å². The van der Waals surface area contributed by atoms with Crippen molar-refractivity contribution in [2.24, 2.45) is 0 Å². The van der Waals surface area contributed by atoms with Crippen LogP contribution < -0.4 is 20.7 Å². The monoisotopic (exact) mass is 293 g/mol. The normalized spacial score (nSPS) is 13.1. The number of amides is 3. The third-order valence-corrected chi connectivity index (χ3v) is 3.03. The molecule has 0 aromatic heterocycles. The van der Waals surface area contributed by atoms with Crippen molar-refractivity contribution in [1.82, 2.24) is 16.0 Å². The minimum absolute atomic E-state index is 0.0455. The zero-order valence-corrected chi connectivity index (χ0v) is 12.9. The Hall–Kier alpha value is -2.08. The molecule has 0 aliphatic heterocycles. The van der Waals surface area contributed by atoms with Gasteiger partial charge in [0.15, 0.2) is 0 Å². The number of ether oxygens (including phenoxy) is 1. The summed E-state index contributed by atoms with van der Waals surface area (Å²) < 4.78 is 5.46. The van der Waals surface area contributed by atoms with E-state index >= 15 is 0 Å². The van der Waals surface area contributed by atoms with Crippen molar-refractivity contribution in [3.05, 3.63) is 29.8 Å². The number of nitrogens with one attached hydrogen (secondary N) is 3. The fourth-order valence-corrected chi connectivity index (χ4v) is 1.87. The SMILES string of the molecule is CCOc1cccc([C@H](C)N[C@H](C)C(=O)NC(=O)NC)c1. The van der Waals surface area contributed by atoms with Crippen LogP contribution in [0.4, 0.5) is 4.79 Å². The van der Waals surface area contributed by atoms with Gasteiger partial charge in [-0.15, -0.1) is 0 Å². The Morgan fingerprint density at radius 1 is 1.29 bits per heavy atom. The molecule has 1 aromatic rings. The highest BCUT2D eigenvalue weighted by atomic mass is 16.5. The average molecular weight is 293 g/mol. The molecule has 0 heterocycles. The van der Waals surface area contributed by atoms with Crippen LogP contribution in [0.25, 0.3) is 0 Å². The third kappa shape index (κ3) is 5.43. The molecule has 0 saturated heterocycles. The molecule has 0 aliphatic rings. The van der Waals surface area contributed by atoms with Gasteiger partial charge in [-0.05, 0) is 38.5 Å². The second-order valence-electron chi connectivity index (χ2n) is 4.68. The predicted molar refractivity (Wildman–Crippen MR) is 81.2 cm³/mol. The first-order valence-electron chi connectivity index (χ1n) is 6.99. The van der Waals surface area contributed by atoms with Crippen molar-refractivity contribution in [2.75, 3.05) is 13.7 Å². The summed E-state index contributed by atoms with van der Waals surface area (Å²) in [5, 5.41) is 7.73. The Kier molecular flexibility index (Phi) is 6.68. The number of urea groups is 1. The zero-order chi connectivity index (χ0) is 15.8. The van der Waals surface area contributed by atoms with Crippen LogP contribution in [-0.2, 0) is 4.79 Å². The van der Waals surface area contributed by atoms with Gasteiger partial charge in [0.05, 0.1) is 12.6 Å². The molecular weight excluding hydrogens is 270 g/mol. The molecule has 116 valence electrons. The van der Waals surface area contributed by atoms with Gasteiger partial charge in [-0.1, -0.05) is 12.1 Å². The Morgan fingerprint density at radius 3 is 2.62 bits per heavy atom. The van der Waals surface area contributed by atoms with Crippen LogP contribution in [-0.4, -0.2) is 31.6 Å². The van der Waals surface area contributed by atoms with Gasteiger partial charge in [0.25, 0.3) is 0 Å². The number of hydrogen-bond acceptors (Lipinski definition) is 4. The second kappa shape index (κ2) is 8.26. The quantitative estimate of drug-likeness (QED) is 0.744. The summed E-state index contributed by atoms with van der Waals surface area (Å²) in [5.41, 5.74) is 1.01. The van der Waals surface area contributed by atoms with E-state index in [4.69, 9.17) is 4.74 Å². The third-order valence-electron chi connectivity index (χ3n) is 3.03. The van der Waals surface area contributed by atoms with Crippen LogP contribution in [0, 0.1) is 0 Å².